The van der Waals surface area contributed by atoms with Gasteiger partial charge >= 0.3 is 12.4 Å². The maximum absolute atomic E-state index is 14.1. The monoisotopic (exact) mass is 851 g/mol. The summed E-state index contributed by atoms with van der Waals surface area (Å²) in [5, 5.41) is 1.84. The lowest BCUT2D eigenvalue weighted by molar-refractivity contribution is -0.138. The first-order valence-corrected chi connectivity index (χ1v) is 20.5. The van der Waals surface area contributed by atoms with Crippen LogP contribution in [-0.4, -0.2) is 14.5 Å². The van der Waals surface area contributed by atoms with Crippen molar-refractivity contribution in [2.45, 2.75) is 19.3 Å². The van der Waals surface area contributed by atoms with Crippen LogP contribution in [0.15, 0.2) is 194 Å². The molecule has 0 fully saturated rings. The van der Waals surface area contributed by atoms with E-state index in [1.807, 2.05) is 127 Å². The predicted molar refractivity (Wildman–Crippen MR) is 244 cm³/mol. The Morgan fingerprint density at radius 3 is 1.38 bits per heavy atom. The third-order valence-electron chi connectivity index (χ3n) is 11.6. The molecule has 8 aromatic carbocycles. The fraction of sp³-hybridized carbons (Fsp3) is 0.0545. The first-order valence-electron chi connectivity index (χ1n) is 20.5. The average molecular weight is 852 g/mol. The van der Waals surface area contributed by atoms with E-state index < -0.39 is 23.5 Å². The maximum Gasteiger partial charge on any atom is 0.416 e. The van der Waals surface area contributed by atoms with E-state index in [-0.39, 0.29) is 0 Å². The van der Waals surface area contributed by atoms with Gasteiger partial charge in [0.25, 0.3) is 0 Å². The van der Waals surface area contributed by atoms with Gasteiger partial charge < -0.3 is 4.57 Å². The molecule has 0 radical (unpaired) electrons. The summed E-state index contributed by atoms with van der Waals surface area (Å²) in [5.74, 6) is 0.318. The first-order chi connectivity index (χ1) is 30.9. The molecule has 10 aromatic rings. The second-order valence-corrected chi connectivity index (χ2v) is 15.7. The minimum atomic E-state index is -4.59. The molecule has 312 valence electrons. The summed E-state index contributed by atoms with van der Waals surface area (Å²) >= 11 is 0. The second-order valence-electron chi connectivity index (χ2n) is 15.7. The summed E-state index contributed by atoms with van der Waals surface area (Å²) in [4.78, 5) is 10.2. The minimum Gasteiger partial charge on any atom is -0.308 e. The van der Waals surface area contributed by atoms with E-state index in [1.54, 1.807) is 0 Å². The molecule has 9 heteroatoms. The molecule has 0 spiro atoms. The number of halogens is 6. The number of nitrogens with zero attached hydrogens (tertiary/aromatic N) is 3. The van der Waals surface area contributed by atoms with Gasteiger partial charge in [0, 0.05) is 38.6 Å². The van der Waals surface area contributed by atoms with Crippen LogP contribution in [0.1, 0.15) is 16.7 Å². The quantitative estimate of drug-likeness (QED) is 0.150. The second kappa shape index (κ2) is 15.8. The summed E-state index contributed by atoms with van der Waals surface area (Å²) in [6, 6.07) is 57.0. The molecule has 0 amide bonds. The Kier molecular flexibility index (Phi) is 9.98. The van der Waals surface area contributed by atoms with Gasteiger partial charge in [0.05, 0.1) is 39.2 Å². The van der Waals surface area contributed by atoms with Crippen LogP contribution in [0.2, 0.25) is 0 Å². The zero-order chi connectivity index (χ0) is 44.2. The standard InChI is InChI=1S/C55H35F6N3/c1-34-12-8-9-17-43(34)39-24-29-51-47(30-39)44-18-10-11-19-50(44)64(51)52-45(35-20-25-41(26-21-35)54(56,57)58)31-40(32-46(52)36-22-27-42(28-23-36)55(59,60)61)53-62-48(37-13-4-2-5-14-37)33-49(63-53)38-15-6-3-7-16-38/h2-33H,1H3. The number of aryl methyl sites for hydroxylation is 1. The molecular formula is C55H35F6N3. The highest BCUT2D eigenvalue weighted by Gasteiger charge is 2.32. The van der Waals surface area contributed by atoms with Crippen molar-refractivity contribution >= 4 is 21.8 Å². The number of benzene rings is 8. The first kappa shape index (κ1) is 40.3. The van der Waals surface area contributed by atoms with E-state index in [9.17, 15) is 26.3 Å². The zero-order valence-electron chi connectivity index (χ0n) is 34.1. The average Bonchev–Trinajstić information content (AvgIpc) is 3.64. The van der Waals surface area contributed by atoms with E-state index in [1.165, 1.54) is 24.3 Å². The van der Waals surface area contributed by atoms with Crippen LogP contribution in [0.25, 0.3) is 94.8 Å². The molecule has 3 nitrogen and oxygen atoms in total. The molecule has 0 aliphatic heterocycles. The molecular weight excluding hydrogens is 817 g/mol. The Morgan fingerprint density at radius 2 is 0.844 bits per heavy atom. The fourth-order valence-electron chi connectivity index (χ4n) is 8.49. The topological polar surface area (TPSA) is 30.7 Å². The van der Waals surface area contributed by atoms with Gasteiger partial charge in [-0.15, -0.1) is 0 Å². The van der Waals surface area contributed by atoms with Crippen LogP contribution in [-0.2, 0) is 12.4 Å². The Morgan fingerprint density at radius 1 is 0.375 bits per heavy atom. The van der Waals surface area contributed by atoms with Crippen molar-refractivity contribution in [2.75, 3.05) is 0 Å². The maximum atomic E-state index is 14.1. The van der Waals surface area contributed by atoms with Crippen molar-refractivity contribution in [1.82, 2.24) is 14.5 Å². The van der Waals surface area contributed by atoms with Crippen molar-refractivity contribution in [3.8, 4) is 73.0 Å². The Labute approximate surface area is 364 Å². The number of para-hydroxylation sites is 1. The molecule has 2 aromatic heterocycles. The Balaban J connectivity index is 1.32. The van der Waals surface area contributed by atoms with Gasteiger partial charge in [-0.1, -0.05) is 133 Å². The third-order valence-corrected chi connectivity index (χ3v) is 11.6. The molecule has 0 aliphatic carbocycles. The number of fused-ring (bicyclic) bond motifs is 3. The molecule has 0 N–H and O–H groups in total. The highest BCUT2D eigenvalue weighted by Crippen LogP contribution is 2.46. The van der Waals surface area contributed by atoms with E-state index in [0.717, 1.165) is 73.9 Å². The Bertz CT molecular complexity index is 3200. The number of alkyl halides is 6. The summed E-state index contributed by atoms with van der Waals surface area (Å²) in [6.45, 7) is 2.05. The summed E-state index contributed by atoms with van der Waals surface area (Å²) in [6.07, 6.45) is -9.17. The molecule has 0 atom stereocenters. The van der Waals surface area contributed by atoms with Crippen molar-refractivity contribution in [3.05, 3.63) is 211 Å². The SMILES string of the molecule is Cc1ccccc1-c1ccc2c(c1)c1ccccc1n2-c1c(-c2ccc(C(F)(F)F)cc2)cc(-c2nc(-c3ccccc3)cc(-c3ccccc3)n2)cc1-c1ccc(C(F)(F)F)cc1. The van der Waals surface area contributed by atoms with Gasteiger partial charge in [-0.25, -0.2) is 9.97 Å². The van der Waals surface area contributed by atoms with Gasteiger partial charge in [0.2, 0.25) is 0 Å². The fourth-order valence-corrected chi connectivity index (χ4v) is 8.49. The van der Waals surface area contributed by atoms with E-state index in [4.69, 9.17) is 9.97 Å². The molecule has 0 saturated heterocycles. The molecule has 0 bridgehead atoms. The number of rotatable bonds is 7. The molecule has 64 heavy (non-hydrogen) atoms. The normalized spacial score (nSPS) is 12.0. The van der Waals surface area contributed by atoms with Crippen molar-refractivity contribution in [3.63, 3.8) is 0 Å². The third kappa shape index (κ3) is 7.49. The number of hydrogen-bond acceptors (Lipinski definition) is 2. The molecule has 10 rings (SSSR count). The van der Waals surface area contributed by atoms with Gasteiger partial charge in [-0.2, -0.15) is 26.3 Å². The lowest BCUT2D eigenvalue weighted by Gasteiger charge is -2.22. The lowest BCUT2D eigenvalue weighted by Crippen LogP contribution is -2.06. The van der Waals surface area contributed by atoms with E-state index in [2.05, 4.69) is 29.7 Å². The highest BCUT2D eigenvalue weighted by molar-refractivity contribution is 6.12. The lowest BCUT2D eigenvalue weighted by atomic mass is 9.91. The van der Waals surface area contributed by atoms with E-state index >= 15 is 0 Å². The minimum absolute atomic E-state index is 0.318. The van der Waals surface area contributed by atoms with Crippen LogP contribution < -0.4 is 0 Å². The van der Waals surface area contributed by atoms with Crippen molar-refractivity contribution in [2.24, 2.45) is 0 Å². The number of hydrogen-bond donors (Lipinski definition) is 0. The van der Waals surface area contributed by atoms with Crippen LogP contribution in [0.3, 0.4) is 0 Å². The largest absolute Gasteiger partial charge is 0.416 e. The smallest absolute Gasteiger partial charge is 0.308 e. The van der Waals surface area contributed by atoms with Crippen LogP contribution >= 0.6 is 0 Å². The van der Waals surface area contributed by atoms with Crippen molar-refractivity contribution < 1.29 is 26.3 Å². The van der Waals surface area contributed by atoms with Crippen molar-refractivity contribution in [1.29, 1.82) is 0 Å². The summed E-state index contributed by atoms with van der Waals surface area (Å²) in [7, 11) is 0. The summed E-state index contributed by atoms with van der Waals surface area (Å²) < 4.78 is 86.6. The van der Waals surface area contributed by atoms with E-state index in [0.29, 0.717) is 50.7 Å². The molecule has 2 heterocycles. The van der Waals surface area contributed by atoms with Crippen LogP contribution in [0.5, 0.6) is 0 Å². The van der Waals surface area contributed by atoms with Gasteiger partial charge in [-0.3, -0.25) is 0 Å². The predicted octanol–water partition coefficient (Wildman–Crippen LogP) is 15.9. The van der Waals surface area contributed by atoms with Crippen LogP contribution in [0.4, 0.5) is 26.3 Å². The summed E-state index contributed by atoms with van der Waals surface area (Å²) in [5.41, 5.74) is 9.04. The zero-order valence-corrected chi connectivity index (χ0v) is 34.1. The van der Waals surface area contributed by atoms with Gasteiger partial charge in [-0.05, 0) is 95.4 Å². The molecule has 0 saturated carbocycles. The van der Waals surface area contributed by atoms with Crippen LogP contribution in [0, 0.1) is 6.92 Å². The Hall–Kier alpha value is -7.78. The highest BCUT2D eigenvalue weighted by atomic mass is 19.4. The van der Waals surface area contributed by atoms with Gasteiger partial charge in [0.15, 0.2) is 5.82 Å². The molecule has 0 unspecified atom stereocenters. The molecule has 0 aliphatic rings. The number of aromatic nitrogens is 3. The van der Waals surface area contributed by atoms with Gasteiger partial charge in [0.1, 0.15) is 0 Å².